The molecule has 0 spiro atoms. The smallest absolute Gasteiger partial charge is 0.140 e. The topological polar surface area (TPSA) is 17.1 Å². The molecule has 0 aliphatic heterocycles. The molecule has 0 saturated heterocycles. The second-order valence-corrected chi connectivity index (χ2v) is 6.58. The van der Waals surface area contributed by atoms with Crippen molar-refractivity contribution in [1.29, 1.82) is 0 Å². The molecule has 1 nitrogen and oxygen atoms in total. The average Bonchev–Trinajstić information content (AvgIpc) is 2.65. The highest BCUT2D eigenvalue weighted by Gasteiger charge is 2.38. The average molecular weight is 313 g/mol. The second kappa shape index (κ2) is 5.12. The van der Waals surface area contributed by atoms with Crippen LogP contribution in [0.3, 0.4) is 0 Å². The molecule has 0 bridgehead atoms. The zero-order valence-corrected chi connectivity index (χ0v) is 12.4. The van der Waals surface area contributed by atoms with Crippen LogP contribution in [-0.2, 0) is 11.2 Å². The molecular weight excluding hydrogens is 295 g/mol. The van der Waals surface area contributed by atoms with Crippen molar-refractivity contribution < 1.29 is 9.18 Å². The maximum atomic E-state index is 13.4. The molecule has 0 heterocycles. The Morgan fingerprint density at radius 1 is 1.50 bits per heavy atom. The molecule has 3 heteroatoms. The molecule has 0 radical (unpaired) electrons. The van der Waals surface area contributed by atoms with Crippen molar-refractivity contribution in [2.24, 2.45) is 11.3 Å². The molecule has 0 aromatic heterocycles. The molecule has 1 aliphatic carbocycles. The van der Waals surface area contributed by atoms with Crippen molar-refractivity contribution in [3.8, 4) is 0 Å². The standard InChI is InChI=1S/C15H18BrFO/c1-15(2)8-4-6-11(15)13(18)9-10-5-3-7-12(17)14(10)16/h3,5,7,11H,4,6,8-9H2,1-2H3. The number of ketones is 1. The van der Waals surface area contributed by atoms with Gasteiger partial charge in [0.25, 0.3) is 0 Å². The number of Topliss-reactive ketones (excluding diaryl/α,β-unsaturated/α-hetero) is 1. The van der Waals surface area contributed by atoms with E-state index in [9.17, 15) is 9.18 Å². The largest absolute Gasteiger partial charge is 0.299 e. The van der Waals surface area contributed by atoms with E-state index >= 15 is 0 Å². The summed E-state index contributed by atoms with van der Waals surface area (Å²) in [5, 5.41) is 0. The van der Waals surface area contributed by atoms with Crippen LogP contribution in [0.15, 0.2) is 22.7 Å². The van der Waals surface area contributed by atoms with Crippen LogP contribution in [-0.4, -0.2) is 5.78 Å². The van der Waals surface area contributed by atoms with E-state index in [1.54, 1.807) is 6.07 Å². The van der Waals surface area contributed by atoms with Crippen molar-refractivity contribution >= 4 is 21.7 Å². The van der Waals surface area contributed by atoms with Crippen LogP contribution in [0.4, 0.5) is 4.39 Å². The molecule has 1 aromatic rings. The molecule has 1 unspecified atom stereocenters. The Balaban J connectivity index is 2.15. The summed E-state index contributed by atoms with van der Waals surface area (Å²) in [6.07, 6.45) is 3.52. The highest BCUT2D eigenvalue weighted by Crippen LogP contribution is 2.43. The minimum atomic E-state index is -0.300. The summed E-state index contributed by atoms with van der Waals surface area (Å²) in [6.45, 7) is 4.31. The third-order valence-electron chi connectivity index (χ3n) is 4.04. The minimum absolute atomic E-state index is 0.0941. The van der Waals surface area contributed by atoms with Crippen molar-refractivity contribution in [2.75, 3.05) is 0 Å². The number of rotatable bonds is 3. The van der Waals surface area contributed by atoms with Crippen molar-refractivity contribution in [3.05, 3.63) is 34.1 Å². The SMILES string of the molecule is CC1(C)CCCC1C(=O)Cc1cccc(F)c1Br. The van der Waals surface area contributed by atoms with E-state index in [-0.39, 0.29) is 22.9 Å². The number of carbonyl (C=O) groups excluding carboxylic acids is 1. The van der Waals surface area contributed by atoms with Crippen molar-refractivity contribution in [1.82, 2.24) is 0 Å². The highest BCUT2D eigenvalue weighted by atomic mass is 79.9. The van der Waals surface area contributed by atoms with Gasteiger partial charge in [-0.2, -0.15) is 0 Å². The first-order valence-electron chi connectivity index (χ1n) is 6.37. The molecule has 1 aliphatic rings. The van der Waals surface area contributed by atoms with E-state index in [2.05, 4.69) is 29.8 Å². The van der Waals surface area contributed by atoms with E-state index < -0.39 is 0 Å². The maximum Gasteiger partial charge on any atom is 0.140 e. The van der Waals surface area contributed by atoms with Crippen LogP contribution in [0.25, 0.3) is 0 Å². The van der Waals surface area contributed by atoms with Crippen molar-refractivity contribution in [2.45, 2.75) is 39.5 Å². The third kappa shape index (κ3) is 2.66. The summed E-state index contributed by atoms with van der Waals surface area (Å²) in [5.74, 6) is 0.0578. The van der Waals surface area contributed by atoms with E-state index in [1.807, 2.05) is 6.07 Å². The van der Waals surface area contributed by atoms with Crippen LogP contribution in [0.2, 0.25) is 0 Å². The Hall–Kier alpha value is -0.700. The number of halogens is 2. The van der Waals surface area contributed by atoms with Gasteiger partial charge in [0.15, 0.2) is 0 Å². The fourth-order valence-electron chi connectivity index (χ4n) is 2.92. The monoisotopic (exact) mass is 312 g/mol. The molecular formula is C15H18BrFO. The molecule has 1 saturated carbocycles. The third-order valence-corrected chi connectivity index (χ3v) is 4.93. The number of hydrogen-bond acceptors (Lipinski definition) is 1. The number of benzene rings is 1. The lowest BCUT2D eigenvalue weighted by Gasteiger charge is -2.25. The summed E-state index contributed by atoms with van der Waals surface area (Å²) >= 11 is 3.22. The van der Waals surface area contributed by atoms with Crippen LogP contribution >= 0.6 is 15.9 Å². The zero-order valence-electron chi connectivity index (χ0n) is 10.8. The molecule has 1 aromatic carbocycles. The first kappa shape index (κ1) is 13.7. The van der Waals surface area contributed by atoms with Gasteiger partial charge in [0, 0.05) is 12.3 Å². The Morgan fingerprint density at radius 3 is 2.83 bits per heavy atom. The van der Waals surface area contributed by atoms with E-state index in [0.29, 0.717) is 10.9 Å². The molecule has 18 heavy (non-hydrogen) atoms. The lowest BCUT2D eigenvalue weighted by Crippen LogP contribution is -2.27. The molecule has 1 atom stereocenters. The first-order chi connectivity index (χ1) is 8.42. The van der Waals surface area contributed by atoms with Crippen LogP contribution in [0, 0.1) is 17.2 Å². The van der Waals surface area contributed by atoms with Gasteiger partial charge in [-0.3, -0.25) is 4.79 Å². The summed E-state index contributed by atoms with van der Waals surface area (Å²) in [4.78, 5) is 12.4. The summed E-state index contributed by atoms with van der Waals surface area (Å²) in [7, 11) is 0. The van der Waals surface area contributed by atoms with Crippen LogP contribution in [0.1, 0.15) is 38.7 Å². The lowest BCUT2D eigenvalue weighted by atomic mass is 9.78. The Bertz CT molecular complexity index is 468. The van der Waals surface area contributed by atoms with Gasteiger partial charge in [-0.1, -0.05) is 32.4 Å². The van der Waals surface area contributed by atoms with Gasteiger partial charge in [-0.15, -0.1) is 0 Å². The van der Waals surface area contributed by atoms with Gasteiger partial charge >= 0.3 is 0 Å². The van der Waals surface area contributed by atoms with Gasteiger partial charge < -0.3 is 0 Å². The number of carbonyl (C=O) groups is 1. The van der Waals surface area contributed by atoms with Crippen molar-refractivity contribution in [3.63, 3.8) is 0 Å². The van der Waals surface area contributed by atoms with E-state index in [1.165, 1.54) is 6.07 Å². The second-order valence-electron chi connectivity index (χ2n) is 5.79. The normalized spacial score (nSPS) is 22.1. The molecule has 98 valence electrons. The Kier molecular flexibility index (Phi) is 3.90. The molecule has 2 rings (SSSR count). The van der Waals surface area contributed by atoms with Crippen LogP contribution in [0.5, 0.6) is 0 Å². The highest BCUT2D eigenvalue weighted by molar-refractivity contribution is 9.10. The number of hydrogen-bond donors (Lipinski definition) is 0. The fraction of sp³-hybridized carbons (Fsp3) is 0.533. The Labute approximate surface area is 116 Å². The summed E-state index contributed by atoms with van der Waals surface area (Å²) in [5.41, 5.74) is 0.847. The predicted molar refractivity (Wildman–Crippen MR) is 73.9 cm³/mol. The Morgan fingerprint density at radius 2 is 2.22 bits per heavy atom. The van der Waals surface area contributed by atoms with Gasteiger partial charge in [0.1, 0.15) is 11.6 Å². The summed E-state index contributed by atoms with van der Waals surface area (Å²) < 4.78 is 13.8. The van der Waals surface area contributed by atoms with E-state index in [4.69, 9.17) is 0 Å². The first-order valence-corrected chi connectivity index (χ1v) is 7.17. The fourth-order valence-corrected chi connectivity index (χ4v) is 3.32. The predicted octanol–water partition coefficient (Wildman–Crippen LogP) is 4.53. The van der Waals surface area contributed by atoms with Gasteiger partial charge in [-0.25, -0.2) is 4.39 Å². The maximum absolute atomic E-state index is 13.4. The molecule has 0 amide bonds. The van der Waals surface area contributed by atoms with Crippen LogP contribution < -0.4 is 0 Å². The van der Waals surface area contributed by atoms with E-state index in [0.717, 1.165) is 24.8 Å². The van der Waals surface area contributed by atoms with Gasteiger partial charge in [0.2, 0.25) is 0 Å². The minimum Gasteiger partial charge on any atom is -0.299 e. The van der Waals surface area contributed by atoms with Gasteiger partial charge in [-0.05, 0) is 45.8 Å². The lowest BCUT2D eigenvalue weighted by molar-refractivity contribution is -0.124. The molecule has 0 N–H and O–H groups in total. The zero-order chi connectivity index (χ0) is 13.3. The van der Waals surface area contributed by atoms with Gasteiger partial charge in [0.05, 0.1) is 4.47 Å². The summed E-state index contributed by atoms with van der Waals surface area (Å²) in [6, 6.07) is 4.87. The molecule has 1 fully saturated rings. The quantitative estimate of drug-likeness (QED) is 0.801.